The second kappa shape index (κ2) is 6.60. The van der Waals surface area contributed by atoms with Crippen molar-refractivity contribution < 1.29 is 9.59 Å². The minimum atomic E-state index is -0.556. The number of benzene rings is 2. The fraction of sp³-hybridized carbons (Fsp3) is 0.176. The lowest BCUT2D eigenvalue weighted by Crippen LogP contribution is -2.41. The Bertz CT molecular complexity index is 750. The molecule has 118 valence electrons. The number of halogens is 2. The van der Waals surface area contributed by atoms with Crippen LogP contribution in [-0.2, 0) is 9.59 Å². The lowest BCUT2D eigenvalue weighted by molar-refractivity contribution is -0.120. The van der Waals surface area contributed by atoms with Crippen molar-refractivity contribution in [3.63, 3.8) is 0 Å². The van der Waals surface area contributed by atoms with Gasteiger partial charge in [-0.05, 0) is 36.8 Å². The molecule has 1 heterocycles. The molecule has 0 bridgehead atoms. The molecule has 1 fully saturated rings. The van der Waals surface area contributed by atoms with Crippen molar-refractivity contribution >= 4 is 46.4 Å². The first-order valence-corrected chi connectivity index (χ1v) is 7.95. The molecule has 0 spiro atoms. The van der Waals surface area contributed by atoms with Gasteiger partial charge in [0.05, 0.1) is 10.7 Å². The smallest absolute Gasteiger partial charge is 0.247 e. The van der Waals surface area contributed by atoms with E-state index in [2.05, 4.69) is 5.32 Å². The maximum atomic E-state index is 12.6. The van der Waals surface area contributed by atoms with Crippen molar-refractivity contribution in [2.24, 2.45) is 0 Å². The zero-order valence-corrected chi connectivity index (χ0v) is 13.6. The maximum Gasteiger partial charge on any atom is 0.247 e. The summed E-state index contributed by atoms with van der Waals surface area (Å²) in [6, 6.07) is 13.5. The van der Waals surface area contributed by atoms with E-state index < -0.39 is 6.04 Å². The van der Waals surface area contributed by atoms with Crippen molar-refractivity contribution in [3.05, 3.63) is 58.6 Å². The van der Waals surface area contributed by atoms with Gasteiger partial charge >= 0.3 is 0 Å². The Morgan fingerprint density at radius 1 is 1.13 bits per heavy atom. The van der Waals surface area contributed by atoms with Crippen LogP contribution in [0.4, 0.5) is 11.4 Å². The van der Waals surface area contributed by atoms with E-state index >= 15 is 0 Å². The van der Waals surface area contributed by atoms with E-state index in [-0.39, 0.29) is 11.8 Å². The summed E-state index contributed by atoms with van der Waals surface area (Å²) in [5.41, 5.74) is 1.16. The summed E-state index contributed by atoms with van der Waals surface area (Å²) in [4.78, 5) is 26.3. The van der Waals surface area contributed by atoms with Crippen LogP contribution in [0.2, 0.25) is 10.0 Å². The Morgan fingerprint density at radius 2 is 1.87 bits per heavy atom. The highest BCUT2D eigenvalue weighted by Crippen LogP contribution is 2.29. The number of amides is 2. The monoisotopic (exact) mass is 348 g/mol. The topological polar surface area (TPSA) is 49.4 Å². The predicted molar refractivity (Wildman–Crippen MR) is 92.0 cm³/mol. The third kappa shape index (κ3) is 3.33. The molecule has 23 heavy (non-hydrogen) atoms. The van der Waals surface area contributed by atoms with E-state index in [1.54, 1.807) is 18.2 Å². The van der Waals surface area contributed by atoms with Gasteiger partial charge in [0.2, 0.25) is 11.8 Å². The highest BCUT2D eigenvalue weighted by atomic mass is 35.5. The average molecular weight is 349 g/mol. The highest BCUT2D eigenvalue weighted by molar-refractivity contribution is 6.35. The first kappa shape index (κ1) is 15.8. The normalized spacial score (nSPS) is 17.4. The first-order chi connectivity index (χ1) is 11.1. The molecule has 6 heteroatoms. The molecule has 1 saturated heterocycles. The van der Waals surface area contributed by atoms with Crippen molar-refractivity contribution in [2.45, 2.75) is 18.9 Å². The van der Waals surface area contributed by atoms with Gasteiger partial charge in [0, 0.05) is 17.1 Å². The van der Waals surface area contributed by atoms with Crippen LogP contribution in [-0.4, -0.2) is 17.9 Å². The average Bonchev–Trinajstić information content (AvgIpc) is 2.93. The standard InChI is InChI=1S/C17H14Cl2N2O2/c18-11-6-7-13(19)14(10-11)20-17(23)15-8-9-16(22)21(15)12-4-2-1-3-5-12/h1-7,10,15H,8-9H2,(H,20,23). The SMILES string of the molecule is O=C(Nc1cc(Cl)ccc1Cl)C1CCC(=O)N1c1ccccc1. The van der Waals surface area contributed by atoms with E-state index in [1.807, 2.05) is 30.3 Å². The number of para-hydroxylation sites is 1. The molecule has 3 rings (SSSR count). The number of nitrogens with one attached hydrogen (secondary N) is 1. The molecule has 0 saturated carbocycles. The quantitative estimate of drug-likeness (QED) is 0.906. The first-order valence-electron chi connectivity index (χ1n) is 7.19. The van der Waals surface area contributed by atoms with Gasteiger partial charge in [-0.15, -0.1) is 0 Å². The van der Waals surface area contributed by atoms with Crippen LogP contribution in [0, 0.1) is 0 Å². The molecule has 0 aliphatic carbocycles. The van der Waals surface area contributed by atoms with E-state index in [0.717, 1.165) is 0 Å². The molecule has 4 nitrogen and oxygen atoms in total. The molecule has 1 atom stereocenters. The summed E-state index contributed by atoms with van der Waals surface area (Å²) in [5.74, 6) is -0.336. The van der Waals surface area contributed by atoms with Gasteiger partial charge in [-0.3, -0.25) is 14.5 Å². The fourth-order valence-corrected chi connectivity index (χ4v) is 2.99. The summed E-state index contributed by atoms with van der Waals surface area (Å²) in [6.45, 7) is 0. The van der Waals surface area contributed by atoms with Gasteiger partial charge < -0.3 is 5.32 Å². The Labute approximate surface area is 144 Å². The zero-order chi connectivity index (χ0) is 16.4. The number of anilines is 2. The third-order valence-electron chi connectivity index (χ3n) is 3.74. The maximum absolute atomic E-state index is 12.6. The van der Waals surface area contributed by atoms with Crippen LogP contribution in [0.15, 0.2) is 48.5 Å². The molecule has 0 aromatic heterocycles. The number of hydrogen-bond donors (Lipinski definition) is 1. The van der Waals surface area contributed by atoms with Gasteiger partial charge in [0.25, 0.3) is 0 Å². The number of hydrogen-bond acceptors (Lipinski definition) is 2. The minimum absolute atomic E-state index is 0.0615. The highest BCUT2D eigenvalue weighted by Gasteiger charge is 2.37. The summed E-state index contributed by atoms with van der Waals surface area (Å²) < 4.78 is 0. The third-order valence-corrected chi connectivity index (χ3v) is 4.30. The lowest BCUT2D eigenvalue weighted by Gasteiger charge is -2.24. The molecular formula is C17H14Cl2N2O2. The predicted octanol–water partition coefficient (Wildman–Crippen LogP) is 4.13. The lowest BCUT2D eigenvalue weighted by atomic mass is 10.2. The Balaban J connectivity index is 1.83. The van der Waals surface area contributed by atoms with E-state index in [9.17, 15) is 9.59 Å². The van der Waals surface area contributed by atoms with E-state index in [1.165, 1.54) is 4.90 Å². The summed E-state index contributed by atoms with van der Waals surface area (Å²) in [7, 11) is 0. The van der Waals surface area contributed by atoms with Crippen molar-refractivity contribution in [1.82, 2.24) is 0 Å². The number of rotatable bonds is 3. The Hall–Kier alpha value is -2.04. The molecule has 0 radical (unpaired) electrons. The fourth-order valence-electron chi connectivity index (χ4n) is 2.65. The Kier molecular flexibility index (Phi) is 4.55. The molecule has 1 unspecified atom stereocenters. The van der Waals surface area contributed by atoms with Gasteiger partial charge in [0.1, 0.15) is 6.04 Å². The van der Waals surface area contributed by atoms with Crippen LogP contribution in [0.5, 0.6) is 0 Å². The van der Waals surface area contributed by atoms with Crippen molar-refractivity contribution in [2.75, 3.05) is 10.2 Å². The van der Waals surface area contributed by atoms with Gasteiger partial charge in [0.15, 0.2) is 0 Å². The minimum Gasteiger partial charge on any atom is -0.323 e. The van der Waals surface area contributed by atoms with Gasteiger partial charge in [-0.25, -0.2) is 0 Å². The van der Waals surface area contributed by atoms with Crippen LogP contribution in [0.3, 0.4) is 0 Å². The van der Waals surface area contributed by atoms with E-state index in [0.29, 0.717) is 34.3 Å². The van der Waals surface area contributed by atoms with Crippen LogP contribution in [0.1, 0.15) is 12.8 Å². The van der Waals surface area contributed by atoms with Crippen LogP contribution < -0.4 is 10.2 Å². The number of nitrogens with zero attached hydrogens (tertiary/aromatic N) is 1. The molecule has 2 amide bonds. The summed E-state index contributed by atoms with van der Waals surface area (Å²) in [5, 5.41) is 3.64. The molecule has 2 aromatic carbocycles. The molecule has 1 aliphatic rings. The zero-order valence-electron chi connectivity index (χ0n) is 12.1. The van der Waals surface area contributed by atoms with Crippen molar-refractivity contribution in [1.29, 1.82) is 0 Å². The van der Waals surface area contributed by atoms with Gasteiger partial charge in [-0.2, -0.15) is 0 Å². The number of carbonyl (C=O) groups is 2. The van der Waals surface area contributed by atoms with Crippen molar-refractivity contribution in [3.8, 4) is 0 Å². The molecular weight excluding hydrogens is 335 g/mol. The molecule has 2 aromatic rings. The summed E-state index contributed by atoms with van der Waals surface area (Å²) in [6.07, 6.45) is 0.813. The van der Waals surface area contributed by atoms with Crippen LogP contribution >= 0.6 is 23.2 Å². The second-order valence-electron chi connectivity index (χ2n) is 5.27. The summed E-state index contributed by atoms with van der Waals surface area (Å²) >= 11 is 12.0. The Morgan fingerprint density at radius 3 is 2.61 bits per heavy atom. The van der Waals surface area contributed by atoms with Crippen LogP contribution in [0.25, 0.3) is 0 Å². The molecule has 1 aliphatic heterocycles. The van der Waals surface area contributed by atoms with E-state index in [4.69, 9.17) is 23.2 Å². The van der Waals surface area contributed by atoms with Gasteiger partial charge in [-0.1, -0.05) is 41.4 Å². The largest absolute Gasteiger partial charge is 0.323 e. The second-order valence-corrected chi connectivity index (χ2v) is 6.11. The molecule has 1 N–H and O–H groups in total. The number of carbonyl (C=O) groups excluding carboxylic acids is 2.